The lowest BCUT2D eigenvalue weighted by Crippen LogP contribution is -2.22. The maximum absolute atomic E-state index is 11.7. The van der Waals surface area contributed by atoms with Gasteiger partial charge in [-0.25, -0.2) is 0 Å². The maximum atomic E-state index is 11.7. The van der Waals surface area contributed by atoms with E-state index in [9.17, 15) is 38.9 Å². The van der Waals surface area contributed by atoms with Gasteiger partial charge in [0.15, 0.2) is 0 Å². The van der Waals surface area contributed by atoms with Gasteiger partial charge >= 0.3 is 0 Å². The highest BCUT2D eigenvalue weighted by Crippen LogP contribution is 2.26. The zero-order chi connectivity index (χ0) is 34.7. The van der Waals surface area contributed by atoms with Crippen molar-refractivity contribution in [2.45, 2.75) is 28.2 Å². The molecule has 0 aliphatic carbocycles. The normalized spacial score (nSPS) is 12.0. The SMILES string of the molecule is CCN(Cc1cccc(S(=O)(=O)O)c1)c1ccc(C(c2ccc(S(=O)(=O)O)cc2)=c2ccc(=Cc3cccc(S(=O)(=O)O)c3)cc2)cc1. The molecule has 0 amide bonds. The molecule has 48 heavy (non-hydrogen) atoms. The van der Waals surface area contributed by atoms with Crippen LogP contribution in [-0.4, -0.2) is 45.5 Å². The van der Waals surface area contributed by atoms with Gasteiger partial charge in [-0.1, -0.05) is 72.8 Å². The van der Waals surface area contributed by atoms with Crippen LogP contribution in [0, 0.1) is 0 Å². The summed E-state index contributed by atoms with van der Waals surface area (Å²) in [6.07, 6.45) is 1.76. The molecule has 13 heteroatoms. The van der Waals surface area contributed by atoms with Gasteiger partial charge in [-0.15, -0.1) is 0 Å². The van der Waals surface area contributed by atoms with Gasteiger partial charge in [0.2, 0.25) is 0 Å². The van der Waals surface area contributed by atoms with Crippen molar-refractivity contribution in [3.8, 4) is 0 Å². The molecular formula is C35H31NO9S3. The Morgan fingerprint density at radius 3 is 1.67 bits per heavy atom. The van der Waals surface area contributed by atoms with E-state index >= 15 is 0 Å². The third kappa shape index (κ3) is 8.44. The number of hydrogen-bond acceptors (Lipinski definition) is 7. The first-order valence-corrected chi connectivity index (χ1v) is 18.8. The van der Waals surface area contributed by atoms with Crippen LogP contribution in [0.15, 0.2) is 136 Å². The molecule has 0 bridgehead atoms. The van der Waals surface area contributed by atoms with Crippen LogP contribution >= 0.6 is 0 Å². The fourth-order valence-electron chi connectivity index (χ4n) is 5.25. The Hall–Kier alpha value is -4.63. The largest absolute Gasteiger partial charge is 0.367 e. The maximum Gasteiger partial charge on any atom is 0.294 e. The number of hydrogen-bond donors (Lipinski definition) is 3. The Balaban J connectivity index is 1.55. The number of anilines is 1. The van der Waals surface area contributed by atoms with Crippen molar-refractivity contribution < 1.29 is 38.9 Å². The summed E-state index contributed by atoms with van der Waals surface area (Å²) < 4.78 is 98.1. The van der Waals surface area contributed by atoms with Gasteiger partial charge in [0, 0.05) is 18.8 Å². The second-order valence-corrected chi connectivity index (χ2v) is 15.1. The average Bonchev–Trinajstić information content (AvgIpc) is 3.04. The third-order valence-electron chi connectivity index (χ3n) is 7.60. The molecule has 0 spiro atoms. The Labute approximate surface area is 279 Å². The molecule has 3 N–H and O–H groups in total. The highest BCUT2D eigenvalue weighted by atomic mass is 32.2. The molecular weight excluding hydrogens is 675 g/mol. The summed E-state index contributed by atoms with van der Waals surface area (Å²) >= 11 is 0. The Bertz CT molecular complexity index is 2400. The van der Waals surface area contributed by atoms with Crippen LogP contribution < -0.4 is 15.3 Å². The first-order valence-electron chi connectivity index (χ1n) is 14.5. The van der Waals surface area contributed by atoms with E-state index in [-0.39, 0.29) is 14.7 Å². The molecule has 0 heterocycles. The Morgan fingerprint density at radius 1 is 0.604 bits per heavy atom. The van der Waals surface area contributed by atoms with E-state index in [1.54, 1.807) is 36.4 Å². The molecule has 0 aromatic heterocycles. The fourth-order valence-corrected chi connectivity index (χ4v) is 6.81. The first kappa shape index (κ1) is 34.7. The van der Waals surface area contributed by atoms with Crippen LogP contribution in [0.25, 0.3) is 11.6 Å². The molecule has 248 valence electrons. The lowest BCUT2D eigenvalue weighted by Gasteiger charge is -2.24. The van der Waals surface area contributed by atoms with E-state index in [1.807, 2.05) is 60.4 Å². The fraction of sp³-hybridized carbons (Fsp3) is 0.0857. The van der Waals surface area contributed by atoms with E-state index in [0.717, 1.165) is 27.3 Å². The molecule has 0 aliphatic heterocycles. The molecule has 0 unspecified atom stereocenters. The van der Waals surface area contributed by atoms with Crippen LogP contribution in [0.3, 0.4) is 0 Å². The van der Waals surface area contributed by atoms with E-state index in [4.69, 9.17) is 0 Å². The van der Waals surface area contributed by atoms with Crippen molar-refractivity contribution in [3.05, 3.63) is 154 Å². The number of benzene rings is 5. The molecule has 0 radical (unpaired) electrons. The van der Waals surface area contributed by atoms with Gasteiger partial charge in [-0.05, 0) is 99.8 Å². The summed E-state index contributed by atoms with van der Waals surface area (Å²) in [5, 5.41) is 1.56. The minimum Gasteiger partial charge on any atom is -0.367 e. The van der Waals surface area contributed by atoms with Gasteiger partial charge in [-0.2, -0.15) is 25.3 Å². The monoisotopic (exact) mass is 705 g/mol. The predicted octanol–water partition coefficient (Wildman–Crippen LogP) is 4.53. The zero-order valence-electron chi connectivity index (χ0n) is 25.5. The summed E-state index contributed by atoms with van der Waals surface area (Å²) in [6.45, 7) is 2.96. The van der Waals surface area contributed by atoms with Gasteiger partial charge in [0.1, 0.15) is 0 Å². The smallest absolute Gasteiger partial charge is 0.294 e. The van der Waals surface area contributed by atoms with Crippen molar-refractivity contribution in [3.63, 3.8) is 0 Å². The number of nitrogens with zero attached hydrogens (tertiary/aromatic N) is 1. The van der Waals surface area contributed by atoms with Crippen LogP contribution in [-0.2, 0) is 36.9 Å². The molecule has 10 nitrogen and oxygen atoms in total. The molecule has 5 aromatic carbocycles. The minimum atomic E-state index is -4.40. The van der Waals surface area contributed by atoms with Gasteiger partial charge < -0.3 is 4.90 Å². The molecule has 0 saturated heterocycles. The summed E-state index contributed by atoms with van der Waals surface area (Å²) in [7, 11) is -13.1. The molecule has 0 fully saturated rings. The van der Waals surface area contributed by atoms with E-state index in [1.165, 1.54) is 42.5 Å². The van der Waals surface area contributed by atoms with Crippen LogP contribution in [0.1, 0.15) is 29.2 Å². The molecule has 0 saturated carbocycles. The summed E-state index contributed by atoms with van der Waals surface area (Å²) in [6, 6.07) is 33.0. The summed E-state index contributed by atoms with van der Waals surface area (Å²) in [5.41, 5.74) is 4.39. The Kier molecular flexibility index (Phi) is 10.0. The van der Waals surface area contributed by atoms with Crippen molar-refractivity contribution in [2.24, 2.45) is 0 Å². The molecule has 0 aliphatic rings. The second kappa shape index (κ2) is 13.8. The van der Waals surface area contributed by atoms with E-state index < -0.39 is 30.4 Å². The zero-order valence-corrected chi connectivity index (χ0v) is 28.0. The van der Waals surface area contributed by atoms with E-state index in [0.29, 0.717) is 29.8 Å². The molecule has 5 rings (SSSR count). The van der Waals surface area contributed by atoms with Crippen molar-refractivity contribution in [2.75, 3.05) is 11.4 Å². The Morgan fingerprint density at radius 2 is 1.12 bits per heavy atom. The third-order valence-corrected chi connectivity index (χ3v) is 10.2. The van der Waals surface area contributed by atoms with Gasteiger partial charge in [-0.3, -0.25) is 13.7 Å². The highest BCUT2D eigenvalue weighted by Gasteiger charge is 2.15. The van der Waals surface area contributed by atoms with Crippen molar-refractivity contribution in [1.82, 2.24) is 0 Å². The van der Waals surface area contributed by atoms with Crippen LogP contribution in [0.2, 0.25) is 0 Å². The first-order chi connectivity index (χ1) is 22.6. The molecule has 5 aromatic rings. The standard InChI is InChI=1S/C35H31NO9S3/c1-2-36(24-27-6-4-8-34(23-27)48(43,44)45)31-17-13-29(14-18-31)35(30-15-19-32(20-16-30)46(37,38)39)28-11-9-25(10-12-28)21-26-5-3-7-33(22-26)47(40,41)42/h3-23H,2,24H2,1H3,(H,37,38,39)(H,40,41,42)(H,43,44,45). The summed E-state index contributed by atoms with van der Waals surface area (Å²) in [4.78, 5) is 1.40. The summed E-state index contributed by atoms with van der Waals surface area (Å²) in [5.74, 6) is 0. The van der Waals surface area contributed by atoms with Crippen LogP contribution in [0.5, 0.6) is 0 Å². The minimum absolute atomic E-state index is 0.180. The topological polar surface area (TPSA) is 166 Å². The van der Waals surface area contributed by atoms with Gasteiger partial charge in [0.25, 0.3) is 30.4 Å². The van der Waals surface area contributed by atoms with Gasteiger partial charge in [0.05, 0.1) is 14.7 Å². The van der Waals surface area contributed by atoms with Crippen molar-refractivity contribution in [1.29, 1.82) is 0 Å². The van der Waals surface area contributed by atoms with Crippen LogP contribution in [0.4, 0.5) is 5.69 Å². The lowest BCUT2D eigenvalue weighted by atomic mass is 9.95. The van der Waals surface area contributed by atoms with Crippen molar-refractivity contribution >= 4 is 47.7 Å². The lowest BCUT2D eigenvalue weighted by molar-refractivity contribution is 0.481. The predicted molar refractivity (Wildman–Crippen MR) is 183 cm³/mol. The number of rotatable bonds is 10. The second-order valence-electron chi connectivity index (χ2n) is 10.9. The van der Waals surface area contributed by atoms with E-state index in [2.05, 4.69) is 0 Å². The average molecular weight is 706 g/mol. The quantitative estimate of drug-likeness (QED) is 0.176. The molecule has 0 atom stereocenters. The highest BCUT2D eigenvalue weighted by molar-refractivity contribution is 7.86.